The summed E-state index contributed by atoms with van der Waals surface area (Å²) in [7, 11) is 2.99. The zero-order valence-corrected chi connectivity index (χ0v) is 16.6. The number of nitrogens with zero attached hydrogens (tertiary/aromatic N) is 4. The first kappa shape index (κ1) is 20.8. The smallest absolute Gasteiger partial charge is 0.317 e. The first-order valence-electron chi connectivity index (χ1n) is 8.55. The molecule has 8 heteroatoms. The van der Waals surface area contributed by atoms with Crippen LogP contribution in [0, 0.1) is 28.1 Å². The minimum absolute atomic E-state index is 0.0532. The monoisotopic (exact) mass is 382 g/mol. The third-order valence-corrected chi connectivity index (χ3v) is 4.07. The van der Waals surface area contributed by atoms with E-state index in [9.17, 15) is 20.1 Å². The normalized spacial score (nSPS) is 10.8. The molecule has 0 aliphatic heterocycles. The van der Waals surface area contributed by atoms with Crippen LogP contribution >= 0.6 is 0 Å². The topological polar surface area (TPSA) is 110 Å². The van der Waals surface area contributed by atoms with E-state index in [1.807, 2.05) is 32.9 Å². The molecule has 146 valence electrons. The molecule has 0 amide bonds. The van der Waals surface area contributed by atoms with Crippen LogP contribution in [0.1, 0.15) is 37.7 Å². The predicted molar refractivity (Wildman–Crippen MR) is 102 cm³/mol. The number of hydrogen-bond acceptors (Lipinski definition) is 6. The molecule has 0 saturated carbocycles. The van der Waals surface area contributed by atoms with Crippen LogP contribution in [0.5, 0.6) is 11.5 Å². The molecular weight excluding hydrogens is 360 g/mol. The summed E-state index contributed by atoms with van der Waals surface area (Å²) < 4.78 is 12.6. The van der Waals surface area contributed by atoms with Crippen LogP contribution in [0.15, 0.2) is 27.8 Å². The van der Waals surface area contributed by atoms with Crippen molar-refractivity contribution in [2.24, 2.45) is 5.41 Å². The van der Waals surface area contributed by atoms with Crippen molar-refractivity contribution in [2.75, 3.05) is 14.2 Å². The quantitative estimate of drug-likeness (QED) is 0.730. The maximum atomic E-state index is 12.7. The molecule has 0 N–H and O–H groups in total. The fourth-order valence-electron chi connectivity index (χ4n) is 2.85. The summed E-state index contributed by atoms with van der Waals surface area (Å²) >= 11 is 0. The first-order valence-corrected chi connectivity index (χ1v) is 8.55. The first-order chi connectivity index (χ1) is 13.2. The largest absolute Gasteiger partial charge is 0.493 e. The summed E-state index contributed by atoms with van der Waals surface area (Å²) in [4.78, 5) is 25.4. The predicted octanol–water partition coefficient (Wildman–Crippen LogP) is 1.86. The summed E-state index contributed by atoms with van der Waals surface area (Å²) in [5, 5.41) is 19.2. The van der Waals surface area contributed by atoms with Gasteiger partial charge >= 0.3 is 11.1 Å². The van der Waals surface area contributed by atoms with Gasteiger partial charge in [0.2, 0.25) is 0 Å². The highest BCUT2D eigenvalue weighted by Crippen LogP contribution is 2.28. The molecule has 1 aromatic heterocycles. The maximum absolute atomic E-state index is 12.7. The van der Waals surface area contributed by atoms with E-state index < -0.39 is 11.1 Å². The van der Waals surface area contributed by atoms with E-state index in [1.165, 1.54) is 14.2 Å². The standard InChI is InChI=1S/C20H22N4O4/c1-20(2,3)12-24-15(10-22)14(9-21)23(18(25)19(24)26)11-13-6-7-16(27-4)17(8-13)28-5/h6-8H,11-12H2,1-5H3. The summed E-state index contributed by atoms with van der Waals surface area (Å²) in [6.45, 7) is 5.73. The number of nitriles is 2. The zero-order chi connectivity index (χ0) is 21.1. The van der Waals surface area contributed by atoms with Crippen molar-refractivity contribution >= 4 is 0 Å². The van der Waals surface area contributed by atoms with E-state index in [2.05, 4.69) is 0 Å². The van der Waals surface area contributed by atoms with E-state index in [0.717, 1.165) is 9.13 Å². The van der Waals surface area contributed by atoms with Gasteiger partial charge in [0.05, 0.1) is 20.8 Å². The Morgan fingerprint density at radius 1 is 0.929 bits per heavy atom. The highest BCUT2D eigenvalue weighted by atomic mass is 16.5. The maximum Gasteiger partial charge on any atom is 0.317 e. The number of rotatable bonds is 5. The molecular formula is C20H22N4O4. The SMILES string of the molecule is COc1ccc(Cn2c(C#N)c(C#N)n(CC(C)(C)C)c(=O)c2=O)cc1OC. The summed E-state index contributed by atoms with van der Waals surface area (Å²) in [6.07, 6.45) is 0. The van der Waals surface area contributed by atoms with Crippen LogP contribution in [0.4, 0.5) is 0 Å². The lowest BCUT2D eigenvalue weighted by Crippen LogP contribution is -2.45. The van der Waals surface area contributed by atoms with Crippen LogP contribution in [-0.2, 0) is 13.1 Å². The molecule has 2 aromatic rings. The van der Waals surface area contributed by atoms with Gasteiger partial charge in [-0.05, 0) is 23.1 Å². The molecule has 0 aliphatic rings. The third-order valence-electron chi connectivity index (χ3n) is 4.07. The molecule has 0 saturated heterocycles. The number of aromatic nitrogens is 2. The molecule has 8 nitrogen and oxygen atoms in total. The van der Waals surface area contributed by atoms with Crippen LogP contribution in [-0.4, -0.2) is 23.4 Å². The minimum atomic E-state index is -0.852. The Kier molecular flexibility index (Phi) is 5.95. The highest BCUT2D eigenvalue weighted by Gasteiger charge is 2.23. The van der Waals surface area contributed by atoms with Crippen LogP contribution in [0.25, 0.3) is 0 Å². The van der Waals surface area contributed by atoms with Crippen molar-refractivity contribution in [3.8, 4) is 23.6 Å². The Bertz CT molecular complexity index is 1090. The van der Waals surface area contributed by atoms with Crippen molar-refractivity contribution in [3.63, 3.8) is 0 Å². The van der Waals surface area contributed by atoms with Gasteiger partial charge in [-0.25, -0.2) is 0 Å². The van der Waals surface area contributed by atoms with Crippen molar-refractivity contribution in [1.29, 1.82) is 10.5 Å². The number of ether oxygens (including phenoxy) is 2. The zero-order valence-electron chi connectivity index (χ0n) is 16.6. The minimum Gasteiger partial charge on any atom is -0.493 e. The molecule has 1 aromatic carbocycles. The van der Waals surface area contributed by atoms with Gasteiger partial charge in [-0.15, -0.1) is 0 Å². The Hall–Kier alpha value is -3.52. The van der Waals surface area contributed by atoms with Gasteiger partial charge < -0.3 is 9.47 Å². The number of benzene rings is 1. The van der Waals surface area contributed by atoms with Crippen LogP contribution in [0.2, 0.25) is 0 Å². The second-order valence-corrected chi connectivity index (χ2v) is 7.45. The second kappa shape index (κ2) is 8.01. The lowest BCUT2D eigenvalue weighted by Gasteiger charge is -2.22. The van der Waals surface area contributed by atoms with E-state index >= 15 is 0 Å². The fourth-order valence-corrected chi connectivity index (χ4v) is 2.85. The lowest BCUT2D eigenvalue weighted by molar-refractivity contribution is 0.333. The molecule has 0 atom stereocenters. The molecule has 0 aliphatic carbocycles. The summed E-state index contributed by atoms with van der Waals surface area (Å²) in [5.74, 6) is 0.963. The molecule has 1 heterocycles. The van der Waals surface area contributed by atoms with Gasteiger partial charge in [-0.2, -0.15) is 10.5 Å². The molecule has 0 radical (unpaired) electrons. The van der Waals surface area contributed by atoms with E-state index in [0.29, 0.717) is 17.1 Å². The number of hydrogen-bond donors (Lipinski definition) is 0. The molecule has 0 unspecified atom stereocenters. The Labute approximate surface area is 162 Å². The number of methoxy groups -OCH3 is 2. The molecule has 0 fully saturated rings. The van der Waals surface area contributed by atoms with E-state index in [1.54, 1.807) is 18.2 Å². The molecule has 28 heavy (non-hydrogen) atoms. The van der Waals surface area contributed by atoms with E-state index in [-0.39, 0.29) is 29.9 Å². The Morgan fingerprint density at radius 3 is 1.96 bits per heavy atom. The van der Waals surface area contributed by atoms with Crippen molar-refractivity contribution in [2.45, 2.75) is 33.9 Å². The highest BCUT2D eigenvalue weighted by molar-refractivity contribution is 5.43. The summed E-state index contributed by atoms with van der Waals surface area (Å²) in [5.41, 5.74) is -1.69. The molecule has 0 bridgehead atoms. The van der Waals surface area contributed by atoms with Crippen molar-refractivity contribution < 1.29 is 9.47 Å². The van der Waals surface area contributed by atoms with Crippen molar-refractivity contribution in [3.05, 3.63) is 55.9 Å². The summed E-state index contributed by atoms with van der Waals surface area (Å²) in [6, 6.07) is 8.83. The van der Waals surface area contributed by atoms with Crippen molar-refractivity contribution in [1.82, 2.24) is 9.13 Å². The van der Waals surface area contributed by atoms with Gasteiger partial charge in [-0.1, -0.05) is 26.8 Å². The Morgan fingerprint density at radius 2 is 1.46 bits per heavy atom. The van der Waals surface area contributed by atoms with Crippen LogP contribution in [0.3, 0.4) is 0 Å². The third kappa shape index (κ3) is 4.07. The van der Waals surface area contributed by atoms with Crippen LogP contribution < -0.4 is 20.6 Å². The van der Waals surface area contributed by atoms with Gasteiger partial charge in [0.25, 0.3) is 0 Å². The average molecular weight is 382 g/mol. The van der Waals surface area contributed by atoms with Gasteiger partial charge in [0.15, 0.2) is 22.9 Å². The fraction of sp³-hybridized carbons (Fsp3) is 0.400. The second-order valence-electron chi connectivity index (χ2n) is 7.45. The van der Waals surface area contributed by atoms with Gasteiger partial charge in [-0.3, -0.25) is 18.7 Å². The average Bonchev–Trinajstić information content (AvgIpc) is 2.66. The molecule has 0 spiro atoms. The van der Waals surface area contributed by atoms with Gasteiger partial charge in [0.1, 0.15) is 12.1 Å². The molecule has 2 rings (SSSR count). The lowest BCUT2D eigenvalue weighted by atomic mass is 9.96. The van der Waals surface area contributed by atoms with Gasteiger partial charge in [0, 0.05) is 6.54 Å². The Balaban J connectivity index is 2.69. The van der Waals surface area contributed by atoms with E-state index in [4.69, 9.17) is 9.47 Å².